The van der Waals surface area contributed by atoms with Gasteiger partial charge in [-0.15, -0.1) is 0 Å². The third-order valence-corrected chi connectivity index (χ3v) is 3.81. The molecular formula is C18H22N2O6. The van der Waals surface area contributed by atoms with Crippen molar-refractivity contribution in [2.45, 2.75) is 13.3 Å². The van der Waals surface area contributed by atoms with Crippen LogP contribution in [0.25, 0.3) is 0 Å². The van der Waals surface area contributed by atoms with E-state index >= 15 is 0 Å². The molecule has 1 aliphatic heterocycles. The smallest absolute Gasteiger partial charge is 0.355 e. The highest BCUT2D eigenvalue weighted by atomic mass is 16.5. The fourth-order valence-corrected chi connectivity index (χ4v) is 2.48. The van der Waals surface area contributed by atoms with Gasteiger partial charge in [0.2, 0.25) is 0 Å². The number of nitrogens with one attached hydrogen (secondary N) is 1. The molecule has 0 saturated carbocycles. The first-order valence-electron chi connectivity index (χ1n) is 8.16. The lowest BCUT2D eigenvalue weighted by Crippen LogP contribution is -2.38. The lowest BCUT2D eigenvalue weighted by molar-refractivity contribution is -0.140. The fourth-order valence-electron chi connectivity index (χ4n) is 2.48. The summed E-state index contributed by atoms with van der Waals surface area (Å²) in [6.07, 6.45) is 0.846. The summed E-state index contributed by atoms with van der Waals surface area (Å²) in [5.74, 6) is -1.50. The number of benzene rings is 1. The largest absolute Gasteiger partial charge is 0.466 e. The quantitative estimate of drug-likeness (QED) is 0.761. The second-order valence-corrected chi connectivity index (χ2v) is 5.52. The van der Waals surface area contributed by atoms with Gasteiger partial charge >= 0.3 is 11.9 Å². The first-order chi connectivity index (χ1) is 12.5. The molecule has 1 aromatic rings. The van der Waals surface area contributed by atoms with E-state index < -0.39 is 11.9 Å². The summed E-state index contributed by atoms with van der Waals surface area (Å²) in [5, 5.41) is 2.79. The van der Waals surface area contributed by atoms with Crippen molar-refractivity contribution >= 4 is 23.5 Å². The van der Waals surface area contributed by atoms with Crippen molar-refractivity contribution in [2.75, 3.05) is 39.0 Å². The monoisotopic (exact) mass is 362 g/mol. The number of amides is 1. The Bertz CT molecular complexity index is 711. The molecule has 1 N–H and O–H groups in total. The van der Waals surface area contributed by atoms with Crippen LogP contribution in [0.3, 0.4) is 0 Å². The minimum Gasteiger partial charge on any atom is -0.466 e. The molecule has 0 bridgehead atoms. The van der Waals surface area contributed by atoms with E-state index in [1.807, 2.05) is 6.92 Å². The Labute approximate surface area is 151 Å². The van der Waals surface area contributed by atoms with Gasteiger partial charge < -0.3 is 24.4 Å². The van der Waals surface area contributed by atoms with Crippen molar-refractivity contribution in [2.24, 2.45) is 0 Å². The Hall–Kier alpha value is -2.87. The van der Waals surface area contributed by atoms with Crippen LogP contribution in [0.15, 0.2) is 35.5 Å². The number of rotatable bonds is 6. The number of esters is 2. The van der Waals surface area contributed by atoms with Crippen LogP contribution < -0.4 is 10.2 Å². The number of carbonyl (C=O) groups is 3. The van der Waals surface area contributed by atoms with Gasteiger partial charge in [0.15, 0.2) is 0 Å². The van der Waals surface area contributed by atoms with Crippen molar-refractivity contribution in [3.8, 4) is 0 Å². The Morgan fingerprint density at radius 1 is 1.12 bits per heavy atom. The van der Waals surface area contributed by atoms with E-state index in [0.717, 1.165) is 6.42 Å². The molecule has 0 unspecified atom stereocenters. The molecule has 0 atom stereocenters. The summed E-state index contributed by atoms with van der Waals surface area (Å²) in [4.78, 5) is 37.7. The number of ether oxygens (including phenoxy) is 3. The van der Waals surface area contributed by atoms with E-state index in [1.54, 1.807) is 24.3 Å². The van der Waals surface area contributed by atoms with E-state index in [4.69, 9.17) is 14.2 Å². The molecule has 0 aliphatic carbocycles. The molecule has 140 valence electrons. The summed E-state index contributed by atoms with van der Waals surface area (Å²) in [6, 6.07) is 6.63. The third-order valence-electron chi connectivity index (χ3n) is 3.81. The predicted molar refractivity (Wildman–Crippen MR) is 93.4 cm³/mol. The van der Waals surface area contributed by atoms with E-state index in [0.29, 0.717) is 17.8 Å². The number of hydrogen-bond donors (Lipinski definition) is 1. The van der Waals surface area contributed by atoms with Crippen LogP contribution >= 0.6 is 0 Å². The normalized spacial score (nSPS) is 14.0. The van der Waals surface area contributed by atoms with Crippen molar-refractivity contribution in [1.29, 1.82) is 0 Å². The minimum atomic E-state index is -0.668. The maximum atomic E-state index is 12.2. The predicted octanol–water partition coefficient (Wildman–Crippen LogP) is 1.22. The van der Waals surface area contributed by atoms with Crippen LogP contribution in [0.5, 0.6) is 0 Å². The Morgan fingerprint density at radius 2 is 1.77 bits per heavy atom. The Balaban J connectivity index is 2.34. The van der Waals surface area contributed by atoms with Crippen LogP contribution in [-0.2, 0) is 23.8 Å². The lowest BCUT2D eigenvalue weighted by Gasteiger charge is -2.31. The molecule has 1 aromatic carbocycles. The standard InChI is InChI=1S/C18H22N2O6/c1-4-9-19-16(21)12-5-7-13(8-6-12)20-11-26-10-14(17(22)24-2)15(20)18(23)25-3/h5-8H,4,9-11H2,1-3H3,(H,19,21). The Morgan fingerprint density at radius 3 is 2.35 bits per heavy atom. The van der Waals surface area contributed by atoms with Gasteiger partial charge in [0.1, 0.15) is 12.4 Å². The van der Waals surface area contributed by atoms with Gasteiger partial charge in [-0.05, 0) is 30.7 Å². The van der Waals surface area contributed by atoms with Gasteiger partial charge in [-0.25, -0.2) is 9.59 Å². The molecule has 0 fully saturated rings. The second-order valence-electron chi connectivity index (χ2n) is 5.52. The Kier molecular flexibility index (Phi) is 6.74. The zero-order valence-electron chi connectivity index (χ0n) is 15.0. The summed E-state index contributed by atoms with van der Waals surface area (Å²) in [6.45, 7) is 2.58. The molecule has 0 saturated heterocycles. The molecule has 2 rings (SSSR count). The number of carbonyl (C=O) groups excluding carboxylic acids is 3. The molecule has 1 amide bonds. The van der Waals surface area contributed by atoms with Gasteiger partial charge in [-0.3, -0.25) is 4.79 Å². The highest BCUT2D eigenvalue weighted by Gasteiger charge is 2.32. The van der Waals surface area contributed by atoms with E-state index in [9.17, 15) is 14.4 Å². The number of hydrogen-bond acceptors (Lipinski definition) is 7. The minimum absolute atomic E-state index is 0.0505. The van der Waals surface area contributed by atoms with Crippen molar-refractivity contribution < 1.29 is 28.6 Å². The SMILES string of the molecule is CCCNC(=O)c1ccc(N2COCC(C(=O)OC)=C2C(=O)OC)cc1. The molecule has 0 spiro atoms. The van der Waals surface area contributed by atoms with Crippen molar-refractivity contribution in [3.05, 3.63) is 41.1 Å². The van der Waals surface area contributed by atoms with Gasteiger partial charge in [-0.2, -0.15) is 0 Å². The van der Waals surface area contributed by atoms with Crippen LogP contribution in [0.1, 0.15) is 23.7 Å². The van der Waals surface area contributed by atoms with E-state index in [1.165, 1.54) is 19.1 Å². The van der Waals surface area contributed by atoms with Gasteiger partial charge in [0.05, 0.1) is 26.4 Å². The number of anilines is 1. The molecular weight excluding hydrogens is 340 g/mol. The average Bonchev–Trinajstić information content (AvgIpc) is 2.70. The molecule has 8 heteroatoms. The first kappa shape index (κ1) is 19.5. The van der Waals surface area contributed by atoms with Gasteiger partial charge in [0.25, 0.3) is 5.91 Å². The molecule has 1 heterocycles. The molecule has 26 heavy (non-hydrogen) atoms. The van der Waals surface area contributed by atoms with Gasteiger partial charge in [-0.1, -0.05) is 6.92 Å². The highest BCUT2D eigenvalue weighted by Crippen LogP contribution is 2.26. The first-order valence-corrected chi connectivity index (χ1v) is 8.16. The number of nitrogens with zero attached hydrogens (tertiary/aromatic N) is 1. The molecule has 0 aromatic heterocycles. The summed E-state index contributed by atoms with van der Waals surface area (Å²) >= 11 is 0. The van der Waals surface area contributed by atoms with Crippen LogP contribution in [0.4, 0.5) is 5.69 Å². The molecule has 8 nitrogen and oxygen atoms in total. The van der Waals surface area contributed by atoms with Crippen LogP contribution in [0, 0.1) is 0 Å². The maximum Gasteiger partial charge on any atom is 0.355 e. The topological polar surface area (TPSA) is 94.2 Å². The zero-order chi connectivity index (χ0) is 19.1. The maximum absolute atomic E-state index is 12.2. The highest BCUT2D eigenvalue weighted by molar-refractivity contribution is 6.03. The van der Waals surface area contributed by atoms with Crippen molar-refractivity contribution in [3.63, 3.8) is 0 Å². The average molecular weight is 362 g/mol. The van der Waals surface area contributed by atoms with Crippen LogP contribution in [0.2, 0.25) is 0 Å². The van der Waals surface area contributed by atoms with Crippen molar-refractivity contribution in [1.82, 2.24) is 5.32 Å². The van der Waals surface area contributed by atoms with Crippen LogP contribution in [-0.4, -0.2) is 51.9 Å². The summed E-state index contributed by atoms with van der Waals surface area (Å²) < 4.78 is 14.9. The fraction of sp³-hybridized carbons (Fsp3) is 0.389. The van der Waals surface area contributed by atoms with E-state index in [-0.39, 0.29) is 30.5 Å². The van der Waals surface area contributed by atoms with E-state index in [2.05, 4.69) is 5.32 Å². The third kappa shape index (κ3) is 4.20. The lowest BCUT2D eigenvalue weighted by atomic mass is 10.1. The molecule has 1 aliphatic rings. The number of methoxy groups -OCH3 is 2. The second kappa shape index (κ2) is 9.00. The summed E-state index contributed by atoms with van der Waals surface area (Å²) in [7, 11) is 2.46. The van der Waals surface area contributed by atoms with Gasteiger partial charge in [0, 0.05) is 17.8 Å². The zero-order valence-corrected chi connectivity index (χ0v) is 15.0. The summed E-state index contributed by atoms with van der Waals surface area (Å²) in [5.41, 5.74) is 1.22. The molecule has 0 radical (unpaired) electrons.